The first kappa shape index (κ1) is 13.8. The number of hydrogen-bond acceptors (Lipinski definition) is 3. The topological polar surface area (TPSA) is 50.4 Å². The lowest BCUT2D eigenvalue weighted by atomic mass is 9.57. The standard InChI is InChI=1S/C14H26N2O2/c1-9(2)16-11(17)5-7-15-12-10-6-8-18-13(10)14(12,3)4/h9-10,12-13,15H,5-8H2,1-4H3,(H,16,17). The number of amides is 1. The van der Waals surface area contributed by atoms with E-state index in [1.807, 2.05) is 13.8 Å². The summed E-state index contributed by atoms with van der Waals surface area (Å²) in [6, 6.07) is 0.724. The third kappa shape index (κ3) is 2.54. The molecule has 1 saturated heterocycles. The highest BCUT2D eigenvalue weighted by atomic mass is 16.5. The van der Waals surface area contributed by atoms with Crippen LogP contribution in [0.2, 0.25) is 0 Å². The van der Waals surface area contributed by atoms with Crippen LogP contribution < -0.4 is 10.6 Å². The average molecular weight is 254 g/mol. The number of nitrogens with one attached hydrogen (secondary N) is 2. The summed E-state index contributed by atoms with van der Waals surface area (Å²) in [7, 11) is 0. The zero-order chi connectivity index (χ0) is 13.3. The van der Waals surface area contributed by atoms with Gasteiger partial charge in [0.15, 0.2) is 0 Å². The number of carbonyl (C=O) groups excluding carboxylic acids is 1. The summed E-state index contributed by atoms with van der Waals surface area (Å²) in [4.78, 5) is 11.6. The Bertz CT molecular complexity index is 315. The molecule has 4 nitrogen and oxygen atoms in total. The molecule has 2 aliphatic rings. The van der Waals surface area contributed by atoms with Gasteiger partial charge < -0.3 is 15.4 Å². The molecule has 2 N–H and O–H groups in total. The fourth-order valence-electron chi connectivity index (χ4n) is 3.47. The molecule has 3 unspecified atom stereocenters. The Hall–Kier alpha value is -0.610. The quantitative estimate of drug-likeness (QED) is 0.777. The Balaban J connectivity index is 1.72. The van der Waals surface area contributed by atoms with E-state index < -0.39 is 0 Å². The van der Waals surface area contributed by atoms with Crippen LogP contribution in [0.1, 0.15) is 40.5 Å². The highest BCUT2D eigenvalue weighted by molar-refractivity contribution is 5.76. The van der Waals surface area contributed by atoms with Crippen molar-refractivity contribution >= 4 is 5.91 Å². The van der Waals surface area contributed by atoms with Gasteiger partial charge >= 0.3 is 0 Å². The van der Waals surface area contributed by atoms with E-state index in [0.717, 1.165) is 19.6 Å². The summed E-state index contributed by atoms with van der Waals surface area (Å²) in [5.74, 6) is 0.780. The number of rotatable bonds is 5. The third-order valence-corrected chi connectivity index (χ3v) is 4.27. The van der Waals surface area contributed by atoms with E-state index in [1.54, 1.807) is 0 Å². The van der Waals surface area contributed by atoms with Crippen LogP contribution in [-0.2, 0) is 9.53 Å². The van der Waals surface area contributed by atoms with Gasteiger partial charge in [-0.05, 0) is 20.3 Å². The van der Waals surface area contributed by atoms with Gasteiger partial charge in [-0.15, -0.1) is 0 Å². The molecule has 1 aliphatic heterocycles. The smallest absolute Gasteiger partial charge is 0.221 e. The van der Waals surface area contributed by atoms with Crippen molar-refractivity contribution in [2.24, 2.45) is 11.3 Å². The summed E-state index contributed by atoms with van der Waals surface area (Å²) >= 11 is 0. The molecule has 0 radical (unpaired) electrons. The monoisotopic (exact) mass is 254 g/mol. The maximum Gasteiger partial charge on any atom is 0.221 e. The van der Waals surface area contributed by atoms with Crippen LogP contribution in [0.5, 0.6) is 0 Å². The second-order valence-corrected chi connectivity index (χ2v) is 6.47. The predicted octanol–water partition coefficient (Wildman–Crippen LogP) is 1.30. The largest absolute Gasteiger partial charge is 0.377 e. The van der Waals surface area contributed by atoms with Gasteiger partial charge in [0, 0.05) is 43.0 Å². The summed E-state index contributed by atoms with van der Waals surface area (Å²) in [6.07, 6.45) is 2.13. The van der Waals surface area contributed by atoms with Crippen LogP contribution in [0.4, 0.5) is 0 Å². The second-order valence-electron chi connectivity index (χ2n) is 6.47. The van der Waals surface area contributed by atoms with Gasteiger partial charge in [0.05, 0.1) is 6.10 Å². The van der Waals surface area contributed by atoms with Crippen LogP contribution in [0.25, 0.3) is 0 Å². The molecule has 0 spiro atoms. The fourth-order valence-corrected chi connectivity index (χ4v) is 3.47. The lowest BCUT2D eigenvalue weighted by molar-refractivity contribution is -0.123. The van der Waals surface area contributed by atoms with Gasteiger partial charge in [0.2, 0.25) is 5.91 Å². The normalized spacial score (nSPS) is 33.1. The molecule has 1 saturated carbocycles. The molecule has 0 bridgehead atoms. The molecule has 104 valence electrons. The zero-order valence-corrected chi connectivity index (χ0v) is 12.0. The molecule has 2 rings (SSSR count). The number of hydrogen-bond donors (Lipinski definition) is 2. The van der Waals surface area contributed by atoms with Crippen molar-refractivity contribution in [1.82, 2.24) is 10.6 Å². The minimum absolute atomic E-state index is 0.133. The van der Waals surface area contributed by atoms with E-state index in [2.05, 4.69) is 24.5 Å². The first-order chi connectivity index (χ1) is 8.43. The van der Waals surface area contributed by atoms with E-state index >= 15 is 0 Å². The Labute approximate surface area is 110 Å². The Morgan fingerprint density at radius 1 is 1.44 bits per heavy atom. The highest BCUT2D eigenvalue weighted by Crippen LogP contribution is 2.51. The minimum Gasteiger partial charge on any atom is -0.377 e. The van der Waals surface area contributed by atoms with E-state index in [4.69, 9.17) is 4.74 Å². The fraction of sp³-hybridized carbons (Fsp3) is 0.929. The Kier molecular flexibility index (Phi) is 3.97. The lowest BCUT2D eigenvalue weighted by Gasteiger charge is -2.55. The molecule has 4 heteroatoms. The Morgan fingerprint density at radius 2 is 2.17 bits per heavy atom. The van der Waals surface area contributed by atoms with Crippen molar-refractivity contribution in [2.75, 3.05) is 13.2 Å². The van der Waals surface area contributed by atoms with Gasteiger partial charge in [-0.1, -0.05) is 13.8 Å². The summed E-state index contributed by atoms with van der Waals surface area (Å²) in [5.41, 5.74) is 0.204. The van der Waals surface area contributed by atoms with Crippen LogP contribution in [-0.4, -0.2) is 37.2 Å². The summed E-state index contributed by atoms with van der Waals surface area (Å²) in [6.45, 7) is 10.1. The van der Waals surface area contributed by atoms with Crippen molar-refractivity contribution in [3.8, 4) is 0 Å². The number of fused-ring (bicyclic) bond motifs is 1. The van der Waals surface area contributed by atoms with Gasteiger partial charge in [0.25, 0.3) is 0 Å². The van der Waals surface area contributed by atoms with Gasteiger partial charge in [-0.2, -0.15) is 0 Å². The molecule has 1 amide bonds. The summed E-state index contributed by atoms with van der Waals surface area (Å²) in [5, 5.41) is 6.46. The molecule has 0 aromatic heterocycles. The maximum atomic E-state index is 11.6. The van der Waals surface area contributed by atoms with Crippen molar-refractivity contribution in [2.45, 2.75) is 58.7 Å². The molecule has 1 heterocycles. The average Bonchev–Trinajstić information content (AvgIpc) is 2.69. The van der Waals surface area contributed by atoms with Crippen molar-refractivity contribution in [1.29, 1.82) is 0 Å². The molecule has 3 atom stereocenters. The first-order valence-electron chi connectivity index (χ1n) is 7.07. The van der Waals surface area contributed by atoms with Crippen molar-refractivity contribution in [3.05, 3.63) is 0 Å². The second kappa shape index (κ2) is 5.17. The molecule has 1 aliphatic carbocycles. The Morgan fingerprint density at radius 3 is 2.83 bits per heavy atom. The first-order valence-corrected chi connectivity index (χ1v) is 7.07. The molecule has 0 aromatic rings. The van der Waals surface area contributed by atoms with Crippen LogP contribution in [0, 0.1) is 11.3 Å². The van der Waals surface area contributed by atoms with E-state index in [0.29, 0.717) is 24.5 Å². The number of carbonyl (C=O) groups is 1. The van der Waals surface area contributed by atoms with Gasteiger partial charge in [-0.3, -0.25) is 4.79 Å². The van der Waals surface area contributed by atoms with Crippen LogP contribution >= 0.6 is 0 Å². The molecular weight excluding hydrogens is 228 g/mol. The third-order valence-electron chi connectivity index (χ3n) is 4.27. The SMILES string of the molecule is CC(C)NC(=O)CCNC1C2CCOC2C1(C)C. The maximum absolute atomic E-state index is 11.6. The molecule has 0 aromatic carbocycles. The zero-order valence-electron chi connectivity index (χ0n) is 12.0. The molecule has 2 fully saturated rings. The van der Waals surface area contributed by atoms with Crippen molar-refractivity contribution in [3.63, 3.8) is 0 Å². The molecule has 18 heavy (non-hydrogen) atoms. The highest BCUT2D eigenvalue weighted by Gasteiger charge is 2.58. The van der Waals surface area contributed by atoms with E-state index in [9.17, 15) is 4.79 Å². The lowest BCUT2D eigenvalue weighted by Crippen LogP contribution is -2.66. The van der Waals surface area contributed by atoms with E-state index in [1.165, 1.54) is 0 Å². The van der Waals surface area contributed by atoms with E-state index in [-0.39, 0.29) is 17.4 Å². The summed E-state index contributed by atoms with van der Waals surface area (Å²) < 4.78 is 5.76. The number of ether oxygens (including phenoxy) is 1. The van der Waals surface area contributed by atoms with Crippen molar-refractivity contribution < 1.29 is 9.53 Å². The van der Waals surface area contributed by atoms with Gasteiger partial charge in [0.1, 0.15) is 0 Å². The van der Waals surface area contributed by atoms with Crippen LogP contribution in [0.15, 0.2) is 0 Å². The van der Waals surface area contributed by atoms with Crippen LogP contribution in [0.3, 0.4) is 0 Å². The molecular formula is C14H26N2O2. The minimum atomic E-state index is 0.133. The van der Waals surface area contributed by atoms with Gasteiger partial charge in [-0.25, -0.2) is 0 Å². The predicted molar refractivity (Wildman–Crippen MR) is 71.3 cm³/mol.